The van der Waals surface area contributed by atoms with E-state index in [1.165, 1.54) is 41.3 Å². The van der Waals surface area contributed by atoms with Crippen molar-refractivity contribution in [2.24, 2.45) is 0 Å². The minimum Gasteiger partial charge on any atom is -0.360 e. The van der Waals surface area contributed by atoms with Crippen LogP contribution in [0, 0.1) is 17.5 Å². The molecule has 8 heteroatoms. The van der Waals surface area contributed by atoms with E-state index >= 15 is 0 Å². The zero-order valence-electron chi connectivity index (χ0n) is 18.8. The van der Waals surface area contributed by atoms with Crippen LogP contribution in [0.25, 0.3) is 0 Å². The van der Waals surface area contributed by atoms with Crippen LogP contribution in [0.2, 0.25) is 0 Å². The lowest BCUT2D eigenvalue weighted by Gasteiger charge is -2.38. The first-order valence-corrected chi connectivity index (χ1v) is 10.9. The van der Waals surface area contributed by atoms with Crippen molar-refractivity contribution in [3.63, 3.8) is 0 Å². The molecule has 0 N–H and O–H groups in total. The van der Waals surface area contributed by atoms with E-state index in [0.29, 0.717) is 13.0 Å². The molecular weight excluding hydrogens is 457 g/mol. The monoisotopic (exact) mass is 478 g/mol. The van der Waals surface area contributed by atoms with Gasteiger partial charge in [-0.1, -0.05) is 0 Å². The van der Waals surface area contributed by atoms with Gasteiger partial charge in [-0.25, -0.2) is 13.2 Å². The molecule has 4 rings (SSSR count). The first-order chi connectivity index (χ1) is 16.8. The molecule has 1 aliphatic heterocycles. The van der Waals surface area contributed by atoms with Crippen molar-refractivity contribution in [3.05, 3.63) is 118 Å². The Kier molecular flexibility index (Phi) is 6.82. The number of Topliss-reactive ketones (excluding diaryl/α,β-unsaturated/α-hetero) is 2. The van der Waals surface area contributed by atoms with Crippen molar-refractivity contribution in [1.29, 1.82) is 0 Å². The number of benzene rings is 3. The molecule has 0 unspecified atom stereocenters. The van der Waals surface area contributed by atoms with Gasteiger partial charge >= 0.3 is 0 Å². The summed E-state index contributed by atoms with van der Waals surface area (Å²) in [5, 5.41) is 0. The second-order valence-corrected chi connectivity index (χ2v) is 8.11. The molecule has 178 valence electrons. The Labute approximate surface area is 200 Å². The minimum absolute atomic E-state index is 0.0533. The van der Waals surface area contributed by atoms with Crippen LogP contribution < -0.4 is 0 Å². The third-order valence-corrected chi connectivity index (χ3v) is 5.72. The van der Waals surface area contributed by atoms with Gasteiger partial charge in [-0.2, -0.15) is 0 Å². The topological polar surface area (TPSA) is 57.7 Å². The Morgan fingerprint density at radius 2 is 1.03 bits per heavy atom. The molecule has 3 aromatic rings. The molecule has 0 bridgehead atoms. The molecule has 0 atom stereocenters. The third-order valence-electron chi connectivity index (χ3n) is 5.72. The fourth-order valence-corrected chi connectivity index (χ4v) is 3.95. The number of halogens is 3. The fraction of sp³-hybridized carbons (Fsp3) is 0.148. The molecule has 0 aliphatic carbocycles. The van der Waals surface area contributed by atoms with Crippen molar-refractivity contribution < 1.29 is 27.6 Å². The van der Waals surface area contributed by atoms with Crippen LogP contribution >= 0.6 is 0 Å². The quantitative estimate of drug-likeness (QED) is 0.228. The third kappa shape index (κ3) is 5.01. The van der Waals surface area contributed by atoms with E-state index in [2.05, 4.69) is 0 Å². The summed E-state index contributed by atoms with van der Waals surface area (Å²) in [6.45, 7) is 0.673. The standard InChI is InChI=1S/C27H21F3N2O3/c1-31-15-2-16-32(27(35)19-7-13-22(30)14-8-19)26(31)23(24(33)17-3-9-20(28)10-4-17)25(34)18-5-11-21(29)12-6-18/h3-14H,2,15-16H2,1H3. The van der Waals surface area contributed by atoms with Crippen molar-refractivity contribution >= 4 is 17.5 Å². The van der Waals surface area contributed by atoms with Crippen molar-refractivity contribution in [2.45, 2.75) is 6.42 Å². The largest absolute Gasteiger partial charge is 0.360 e. The Balaban J connectivity index is 1.89. The van der Waals surface area contributed by atoms with Gasteiger partial charge in [-0.15, -0.1) is 0 Å². The molecule has 0 radical (unpaired) electrons. The Bertz CT molecular complexity index is 1240. The number of amides is 1. The van der Waals surface area contributed by atoms with E-state index in [4.69, 9.17) is 0 Å². The Hall–Kier alpha value is -4.20. The highest BCUT2D eigenvalue weighted by Crippen LogP contribution is 2.27. The van der Waals surface area contributed by atoms with Crippen LogP contribution in [0.1, 0.15) is 37.5 Å². The lowest BCUT2D eigenvalue weighted by molar-refractivity contribution is 0.0698. The Morgan fingerprint density at radius 3 is 1.46 bits per heavy atom. The summed E-state index contributed by atoms with van der Waals surface area (Å²) in [6.07, 6.45) is 0.565. The van der Waals surface area contributed by atoms with Crippen LogP contribution in [0.5, 0.6) is 0 Å². The smallest absolute Gasteiger partial charge is 0.259 e. The zero-order valence-corrected chi connectivity index (χ0v) is 18.8. The lowest BCUT2D eigenvalue weighted by Crippen LogP contribution is -2.46. The van der Waals surface area contributed by atoms with E-state index in [9.17, 15) is 27.6 Å². The van der Waals surface area contributed by atoms with E-state index in [1.54, 1.807) is 11.9 Å². The van der Waals surface area contributed by atoms with Crippen LogP contribution in [0.15, 0.2) is 84.2 Å². The van der Waals surface area contributed by atoms with Gasteiger partial charge < -0.3 is 4.90 Å². The highest BCUT2D eigenvalue weighted by atomic mass is 19.1. The molecule has 0 aromatic heterocycles. The summed E-state index contributed by atoms with van der Waals surface area (Å²) < 4.78 is 40.4. The van der Waals surface area contributed by atoms with E-state index in [-0.39, 0.29) is 34.6 Å². The number of carbonyl (C=O) groups is 3. The van der Waals surface area contributed by atoms with Gasteiger partial charge in [0, 0.05) is 36.8 Å². The summed E-state index contributed by atoms with van der Waals surface area (Å²) in [5.41, 5.74) is -0.0158. The number of allylic oxidation sites excluding steroid dienone is 1. The maximum absolute atomic E-state index is 13.6. The summed E-state index contributed by atoms with van der Waals surface area (Å²) in [5.74, 6) is -3.46. The van der Waals surface area contributed by atoms with Gasteiger partial charge in [0.2, 0.25) is 11.6 Å². The van der Waals surface area contributed by atoms with Gasteiger partial charge in [0.15, 0.2) is 0 Å². The number of ketones is 2. The van der Waals surface area contributed by atoms with Crippen molar-refractivity contribution in [1.82, 2.24) is 9.80 Å². The fourth-order valence-electron chi connectivity index (χ4n) is 3.95. The van der Waals surface area contributed by atoms with Crippen LogP contribution in [-0.2, 0) is 0 Å². The highest BCUT2D eigenvalue weighted by Gasteiger charge is 2.35. The second kappa shape index (κ2) is 9.97. The predicted molar refractivity (Wildman–Crippen MR) is 123 cm³/mol. The molecule has 1 fully saturated rings. The van der Waals surface area contributed by atoms with Gasteiger partial charge in [-0.3, -0.25) is 19.3 Å². The maximum atomic E-state index is 13.6. The van der Waals surface area contributed by atoms with Gasteiger partial charge in [0.25, 0.3) is 5.91 Å². The predicted octanol–water partition coefficient (Wildman–Crippen LogP) is 4.86. The van der Waals surface area contributed by atoms with Crippen molar-refractivity contribution in [2.75, 3.05) is 20.1 Å². The van der Waals surface area contributed by atoms with Crippen LogP contribution in [0.3, 0.4) is 0 Å². The second-order valence-electron chi connectivity index (χ2n) is 8.11. The van der Waals surface area contributed by atoms with E-state index < -0.39 is 34.9 Å². The molecule has 35 heavy (non-hydrogen) atoms. The summed E-state index contributed by atoms with van der Waals surface area (Å²) in [6, 6.07) is 14.4. The van der Waals surface area contributed by atoms with E-state index in [0.717, 1.165) is 36.4 Å². The van der Waals surface area contributed by atoms with Crippen LogP contribution in [-0.4, -0.2) is 47.4 Å². The molecule has 1 saturated heterocycles. The number of nitrogens with zero attached hydrogens (tertiary/aromatic N) is 2. The maximum Gasteiger partial charge on any atom is 0.259 e. The van der Waals surface area contributed by atoms with Gasteiger partial charge in [0.1, 0.15) is 28.8 Å². The highest BCUT2D eigenvalue weighted by molar-refractivity contribution is 6.31. The van der Waals surface area contributed by atoms with Gasteiger partial charge in [-0.05, 0) is 79.2 Å². The number of hydrogen-bond acceptors (Lipinski definition) is 4. The molecule has 1 heterocycles. The van der Waals surface area contributed by atoms with Crippen molar-refractivity contribution in [3.8, 4) is 0 Å². The molecule has 0 spiro atoms. The molecule has 1 aliphatic rings. The SMILES string of the molecule is CN1CCCN(C(=O)c2ccc(F)cc2)C1=C(C(=O)c1ccc(F)cc1)C(=O)c1ccc(F)cc1. The normalized spacial score (nSPS) is 13.5. The molecule has 1 amide bonds. The number of rotatable bonds is 5. The average Bonchev–Trinajstić information content (AvgIpc) is 2.86. The number of carbonyl (C=O) groups excluding carboxylic acids is 3. The van der Waals surface area contributed by atoms with Crippen LogP contribution in [0.4, 0.5) is 13.2 Å². The van der Waals surface area contributed by atoms with Gasteiger partial charge in [0.05, 0.1) is 0 Å². The zero-order chi connectivity index (χ0) is 25.1. The first kappa shape index (κ1) is 23.9. The Morgan fingerprint density at radius 1 is 0.629 bits per heavy atom. The first-order valence-electron chi connectivity index (χ1n) is 10.9. The number of hydrogen-bond donors (Lipinski definition) is 0. The van der Waals surface area contributed by atoms with E-state index in [1.807, 2.05) is 0 Å². The lowest BCUT2D eigenvalue weighted by atomic mass is 9.94. The summed E-state index contributed by atoms with van der Waals surface area (Å²) >= 11 is 0. The minimum atomic E-state index is -0.708. The average molecular weight is 478 g/mol. The summed E-state index contributed by atoms with van der Waals surface area (Å²) in [4.78, 5) is 43.6. The molecule has 3 aromatic carbocycles. The molecule has 5 nitrogen and oxygen atoms in total. The summed E-state index contributed by atoms with van der Waals surface area (Å²) in [7, 11) is 1.65. The molecule has 0 saturated carbocycles. The molecular formula is C27H21F3N2O3.